The Kier molecular flexibility index (Phi) is 5.45. The first-order chi connectivity index (χ1) is 11.5. The summed E-state index contributed by atoms with van der Waals surface area (Å²) in [5, 5.41) is 4.64. The van der Waals surface area contributed by atoms with Gasteiger partial charge in [-0.25, -0.2) is 14.0 Å². The minimum atomic E-state index is -0.732. The van der Waals surface area contributed by atoms with Crippen LogP contribution in [0.2, 0.25) is 0 Å². The predicted molar refractivity (Wildman–Crippen MR) is 85.0 cm³/mol. The zero-order valence-electron chi connectivity index (χ0n) is 12.4. The number of urea groups is 1. The van der Waals surface area contributed by atoms with Crippen molar-refractivity contribution in [1.29, 1.82) is 0 Å². The van der Waals surface area contributed by atoms with Crippen molar-refractivity contribution in [2.75, 3.05) is 17.2 Å². The van der Waals surface area contributed by atoms with Crippen LogP contribution < -0.4 is 16.4 Å². The number of ether oxygens (including phenoxy) is 1. The molecule has 0 unspecified atom stereocenters. The molecular weight excluding hydrogens is 317 g/mol. The lowest BCUT2D eigenvalue weighted by atomic mass is 10.2. The first-order valence-corrected chi connectivity index (χ1v) is 6.84. The molecule has 2 rings (SSSR count). The first kappa shape index (κ1) is 16.9. The van der Waals surface area contributed by atoms with Crippen molar-refractivity contribution >= 4 is 29.3 Å². The average molecular weight is 331 g/mol. The number of nitrogens with two attached hydrogens (primary N) is 1. The van der Waals surface area contributed by atoms with Crippen LogP contribution in [0, 0.1) is 5.82 Å². The lowest BCUT2D eigenvalue weighted by Gasteiger charge is -2.08. The van der Waals surface area contributed by atoms with Crippen LogP contribution in [0.5, 0.6) is 0 Å². The molecule has 0 saturated heterocycles. The topological polar surface area (TPSA) is 111 Å². The molecule has 0 aliphatic carbocycles. The molecule has 7 nitrogen and oxygen atoms in total. The molecule has 0 heterocycles. The number of para-hydroxylation sites is 1. The number of amides is 3. The number of carbonyl (C=O) groups excluding carboxylic acids is 3. The van der Waals surface area contributed by atoms with Gasteiger partial charge in [-0.2, -0.15) is 0 Å². The minimum Gasteiger partial charge on any atom is -0.452 e. The molecule has 0 bridgehead atoms. The van der Waals surface area contributed by atoms with Crippen LogP contribution in [0.15, 0.2) is 48.5 Å². The summed E-state index contributed by atoms with van der Waals surface area (Å²) >= 11 is 0. The van der Waals surface area contributed by atoms with Crippen molar-refractivity contribution in [1.82, 2.24) is 0 Å². The van der Waals surface area contributed by atoms with E-state index in [2.05, 4.69) is 10.6 Å². The molecule has 0 radical (unpaired) electrons. The number of halogens is 1. The highest BCUT2D eigenvalue weighted by atomic mass is 19.1. The largest absolute Gasteiger partial charge is 0.452 e. The van der Waals surface area contributed by atoms with Crippen LogP contribution in [0.1, 0.15) is 10.4 Å². The van der Waals surface area contributed by atoms with Gasteiger partial charge in [-0.3, -0.25) is 4.79 Å². The zero-order chi connectivity index (χ0) is 17.5. The van der Waals surface area contributed by atoms with Gasteiger partial charge in [-0.05, 0) is 36.4 Å². The molecule has 0 spiro atoms. The van der Waals surface area contributed by atoms with Gasteiger partial charge in [0.15, 0.2) is 6.61 Å². The van der Waals surface area contributed by atoms with Gasteiger partial charge in [0, 0.05) is 5.69 Å². The summed E-state index contributed by atoms with van der Waals surface area (Å²) < 4.78 is 18.2. The normalized spacial score (nSPS) is 9.88. The van der Waals surface area contributed by atoms with Crippen LogP contribution in [0.4, 0.5) is 20.6 Å². The highest BCUT2D eigenvalue weighted by molar-refractivity contribution is 5.96. The van der Waals surface area contributed by atoms with Crippen LogP contribution in [0.25, 0.3) is 0 Å². The van der Waals surface area contributed by atoms with Crippen molar-refractivity contribution in [3.05, 3.63) is 59.9 Å². The summed E-state index contributed by atoms with van der Waals surface area (Å²) in [6, 6.07) is 10.6. The number of esters is 1. The summed E-state index contributed by atoms with van der Waals surface area (Å²) in [7, 11) is 0. The summed E-state index contributed by atoms with van der Waals surface area (Å²) in [6.45, 7) is -0.561. The molecule has 0 aromatic heterocycles. The maximum atomic E-state index is 13.4. The second-order valence-corrected chi connectivity index (χ2v) is 4.67. The van der Waals surface area contributed by atoms with Crippen molar-refractivity contribution in [3.8, 4) is 0 Å². The maximum absolute atomic E-state index is 13.4. The van der Waals surface area contributed by atoms with Crippen molar-refractivity contribution in [2.24, 2.45) is 5.73 Å². The Morgan fingerprint density at radius 3 is 2.29 bits per heavy atom. The van der Waals surface area contributed by atoms with E-state index in [1.165, 1.54) is 42.5 Å². The first-order valence-electron chi connectivity index (χ1n) is 6.84. The average Bonchev–Trinajstić information content (AvgIpc) is 2.55. The molecule has 24 heavy (non-hydrogen) atoms. The highest BCUT2D eigenvalue weighted by Gasteiger charge is 2.12. The van der Waals surface area contributed by atoms with Crippen molar-refractivity contribution in [3.63, 3.8) is 0 Å². The SMILES string of the molecule is NC(=O)Nc1ccc(C(=O)OCC(=O)Nc2ccccc2F)cc1. The van der Waals surface area contributed by atoms with E-state index in [0.717, 1.165) is 0 Å². The fourth-order valence-corrected chi connectivity index (χ4v) is 1.80. The molecule has 4 N–H and O–H groups in total. The van der Waals surface area contributed by atoms with Crippen molar-refractivity contribution < 1.29 is 23.5 Å². The third-order valence-corrected chi connectivity index (χ3v) is 2.87. The fraction of sp³-hybridized carbons (Fsp3) is 0.0625. The van der Waals surface area contributed by atoms with Crippen LogP contribution >= 0.6 is 0 Å². The van der Waals surface area contributed by atoms with Gasteiger partial charge in [-0.15, -0.1) is 0 Å². The summed E-state index contributed by atoms with van der Waals surface area (Å²) in [4.78, 5) is 34.2. The number of rotatable bonds is 5. The molecule has 2 aromatic rings. The minimum absolute atomic E-state index is 0.000396. The predicted octanol–water partition coefficient (Wildman–Crippen LogP) is 2.11. The van der Waals surface area contributed by atoms with E-state index in [9.17, 15) is 18.8 Å². The summed E-state index contributed by atoms with van der Waals surface area (Å²) in [5.74, 6) is -1.99. The van der Waals surface area contributed by atoms with Crippen LogP contribution in [-0.4, -0.2) is 24.5 Å². The summed E-state index contributed by atoms with van der Waals surface area (Å²) in [5.41, 5.74) is 5.56. The van der Waals surface area contributed by atoms with Gasteiger partial charge in [0.05, 0.1) is 11.3 Å². The number of nitrogens with one attached hydrogen (secondary N) is 2. The molecule has 0 aliphatic heterocycles. The summed E-state index contributed by atoms with van der Waals surface area (Å²) in [6.07, 6.45) is 0. The monoisotopic (exact) mass is 331 g/mol. The lowest BCUT2D eigenvalue weighted by molar-refractivity contribution is -0.119. The highest BCUT2D eigenvalue weighted by Crippen LogP contribution is 2.13. The number of primary amides is 1. The molecule has 3 amide bonds. The van der Waals surface area contributed by atoms with E-state index >= 15 is 0 Å². The second kappa shape index (κ2) is 7.73. The number of benzene rings is 2. The van der Waals surface area contributed by atoms with E-state index in [1.807, 2.05) is 0 Å². The second-order valence-electron chi connectivity index (χ2n) is 4.67. The van der Waals surface area contributed by atoms with Crippen molar-refractivity contribution in [2.45, 2.75) is 0 Å². The molecule has 124 valence electrons. The van der Waals surface area contributed by atoms with Gasteiger partial charge in [0.25, 0.3) is 5.91 Å². The van der Waals surface area contributed by atoms with Gasteiger partial charge in [-0.1, -0.05) is 12.1 Å². The Labute approximate surface area is 136 Å². The van der Waals surface area contributed by atoms with Gasteiger partial charge in [0.1, 0.15) is 5.82 Å². The van der Waals surface area contributed by atoms with Crippen LogP contribution in [-0.2, 0) is 9.53 Å². The molecule has 2 aromatic carbocycles. The molecule has 0 fully saturated rings. The molecular formula is C16H14FN3O4. The van der Waals surface area contributed by atoms with E-state index < -0.39 is 30.3 Å². The van der Waals surface area contributed by atoms with E-state index in [4.69, 9.17) is 10.5 Å². The third kappa shape index (κ3) is 4.80. The Hall–Kier alpha value is -3.42. The molecule has 0 saturated carbocycles. The van der Waals surface area contributed by atoms with Gasteiger partial charge < -0.3 is 21.1 Å². The van der Waals surface area contributed by atoms with Gasteiger partial charge >= 0.3 is 12.0 Å². The lowest BCUT2D eigenvalue weighted by Crippen LogP contribution is -2.21. The number of anilines is 2. The van der Waals surface area contributed by atoms with E-state index in [0.29, 0.717) is 5.69 Å². The Morgan fingerprint density at radius 2 is 1.67 bits per heavy atom. The zero-order valence-corrected chi connectivity index (χ0v) is 12.4. The number of carbonyl (C=O) groups is 3. The van der Waals surface area contributed by atoms with E-state index in [-0.39, 0.29) is 11.3 Å². The standard InChI is InChI=1S/C16H14FN3O4/c17-12-3-1-2-4-13(12)20-14(21)9-24-15(22)10-5-7-11(8-6-10)19-16(18)23/h1-8H,9H2,(H,20,21)(H3,18,19,23). The Balaban J connectivity index is 1.87. The Bertz CT molecular complexity index is 762. The quantitative estimate of drug-likeness (QED) is 0.729. The maximum Gasteiger partial charge on any atom is 0.338 e. The smallest absolute Gasteiger partial charge is 0.338 e. The fourth-order valence-electron chi connectivity index (χ4n) is 1.80. The number of hydrogen-bond donors (Lipinski definition) is 3. The van der Waals surface area contributed by atoms with Crippen LogP contribution in [0.3, 0.4) is 0 Å². The molecule has 0 aliphatic rings. The van der Waals surface area contributed by atoms with Gasteiger partial charge in [0.2, 0.25) is 0 Å². The number of hydrogen-bond acceptors (Lipinski definition) is 4. The third-order valence-electron chi connectivity index (χ3n) is 2.87. The van der Waals surface area contributed by atoms with E-state index in [1.54, 1.807) is 6.07 Å². The Morgan fingerprint density at radius 1 is 1.00 bits per heavy atom. The molecule has 8 heteroatoms. The molecule has 0 atom stereocenters.